The Labute approximate surface area is 217 Å². The molecule has 0 spiro atoms. The summed E-state index contributed by atoms with van der Waals surface area (Å²) in [5, 5.41) is 3.69. The maximum absolute atomic E-state index is 13.6. The number of rotatable bonds is 10. The van der Waals surface area contributed by atoms with Gasteiger partial charge in [-0.2, -0.15) is 0 Å². The van der Waals surface area contributed by atoms with Crippen molar-refractivity contribution in [3.05, 3.63) is 99.0 Å². The van der Waals surface area contributed by atoms with E-state index in [4.69, 9.17) is 27.9 Å². The quantitative estimate of drug-likeness (QED) is 0.375. The minimum absolute atomic E-state index is 0.181. The highest BCUT2D eigenvalue weighted by atomic mass is 35.5. The Morgan fingerprint density at radius 3 is 2.34 bits per heavy atom. The van der Waals surface area contributed by atoms with E-state index in [0.29, 0.717) is 28.8 Å². The third-order valence-corrected chi connectivity index (χ3v) is 6.38. The Morgan fingerprint density at radius 1 is 0.943 bits per heavy atom. The van der Waals surface area contributed by atoms with Gasteiger partial charge in [0.25, 0.3) is 5.91 Å². The maximum Gasteiger partial charge on any atom is 0.261 e. The molecule has 1 N–H and O–H groups in total. The van der Waals surface area contributed by atoms with Gasteiger partial charge in [-0.05, 0) is 55.7 Å². The van der Waals surface area contributed by atoms with Crippen LogP contribution in [0.4, 0.5) is 0 Å². The minimum atomic E-state index is -0.734. The fourth-order valence-corrected chi connectivity index (χ4v) is 4.19. The molecule has 3 rings (SSSR count). The molecule has 0 saturated carbocycles. The second-order valence-electron chi connectivity index (χ2n) is 8.43. The van der Waals surface area contributed by atoms with Gasteiger partial charge in [0.15, 0.2) is 6.61 Å². The molecule has 1 atom stereocenters. The monoisotopic (exact) mass is 512 g/mol. The topological polar surface area (TPSA) is 58.6 Å². The number of likely N-dealkylation sites (N-methyl/N-ethyl adjacent to an activating group) is 1. The highest BCUT2D eigenvalue weighted by molar-refractivity contribution is 6.42. The van der Waals surface area contributed by atoms with Crippen molar-refractivity contribution in [3.8, 4) is 5.75 Å². The molecule has 0 bridgehead atoms. The molecule has 184 valence electrons. The van der Waals surface area contributed by atoms with Gasteiger partial charge in [0.1, 0.15) is 11.8 Å². The summed E-state index contributed by atoms with van der Waals surface area (Å²) in [4.78, 5) is 28.3. The first-order chi connectivity index (χ1) is 16.8. The Morgan fingerprint density at radius 2 is 1.69 bits per heavy atom. The Kier molecular flexibility index (Phi) is 9.58. The van der Waals surface area contributed by atoms with E-state index in [2.05, 4.69) is 5.32 Å². The van der Waals surface area contributed by atoms with Gasteiger partial charge in [-0.1, -0.05) is 77.3 Å². The highest BCUT2D eigenvalue weighted by Gasteiger charge is 2.30. The largest absolute Gasteiger partial charge is 0.483 e. The van der Waals surface area contributed by atoms with Crippen molar-refractivity contribution in [1.82, 2.24) is 10.2 Å². The number of benzene rings is 3. The van der Waals surface area contributed by atoms with Gasteiger partial charge in [0.05, 0.1) is 10.0 Å². The zero-order valence-electron chi connectivity index (χ0n) is 20.2. The number of ether oxygens (including phenoxy) is 1. The van der Waals surface area contributed by atoms with E-state index in [1.807, 2.05) is 69.3 Å². The molecule has 0 aromatic heterocycles. The van der Waals surface area contributed by atoms with E-state index >= 15 is 0 Å². The van der Waals surface area contributed by atoms with E-state index in [1.54, 1.807) is 23.1 Å². The van der Waals surface area contributed by atoms with Crippen molar-refractivity contribution < 1.29 is 14.3 Å². The average Bonchev–Trinajstić information content (AvgIpc) is 2.83. The van der Waals surface area contributed by atoms with Gasteiger partial charge in [-0.25, -0.2) is 0 Å². The predicted molar refractivity (Wildman–Crippen MR) is 141 cm³/mol. The van der Waals surface area contributed by atoms with Crippen LogP contribution in [0.1, 0.15) is 29.2 Å². The third kappa shape index (κ3) is 7.48. The molecule has 3 aromatic rings. The first-order valence-corrected chi connectivity index (χ1v) is 12.3. The lowest BCUT2D eigenvalue weighted by Gasteiger charge is -2.31. The zero-order chi connectivity index (χ0) is 25.4. The molecule has 5 nitrogen and oxygen atoms in total. The molecule has 35 heavy (non-hydrogen) atoms. The molecular weight excluding hydrogens is 483 g/mol. The van der Waals surface area contributed by atoms with Gasteiger partial charge in [0, 0.05) is 19.5 Å². The fraction of sp³-hybridized carbons (Fsp3) is 0.286. The number of halogens is 2. The molecule has 0 unspecified atom stereocenters. The second kappa shape index (κ2) is 12.6. The summed E-state index contributed by atoms with van der Waals surface area (Å²) >= 11 is 12.3. The van der Waals surface area contributed by atoms with Crippen molar-refractivity contribution in [2.45, 2.75) is 39.8 Å². The second-order valence-corrected chi connectivity index (χ2v) is 9.24. The summed E-state index contributed by atoms with van der Waals surface area (Å²) in [6.45, 7) is 6.23. The van der Waals surface area contributed by atoms with Crippen LogP contribution < -0.4 is 10.1 Å². The van der Waals surface area contributed by atoms with Crippen LogP contribution in [-0.4, -0.2) is 35.9 Å². The third-order valence-electron chi connectivity index (χ3n) is 5.64. The molecule has 0 saturated heterocycles. The SMILES string of the molecule is CCNC(=O)[C@H](Cc1ccccc1)N(Cc1ccc(Cl)c(Cl)c1)C(=O)COc1ccc(C)cc1C. The summed E-state index contributed by atoms with van der Waals surface area (Å²) < 4.78 is 5.89. The van der Waals surface area contributed by atoms with Crippen LogP contribution >= 0.6 is 23.2 Å². The normalized spacial score (nSPS) is 11.6. The number of amides is 2. The Bertz CT molecular complexity index is 1170. The fourth-order valence-electron chi connectivity index (χ4n) is 3.86. The number of hydrogen-bond donors (Lipinski definition) is 1. The molecule has 0 radical (unpaired) electrons. The van der Waals surface area contributed by atoms with Crippen molar-refractivity contribution >= 4 is 35.0 Å². The number of hydrogen-bond acceptors (Lipinski definition) is 3. The van der Waals surface area contributed by atoms with Crippen LogP contribution in [0.2, 0.25) is 10.0 Å². The lowest BCUT2D eigenvalue weighted by molar-refractivity contribution is -0.142. The van der Waals surface area contributed by atoms with Gasteiger partial charge in [0.2, 0.25) is 5.91 Å². The van der Waals surface area contributed by atoms with Gasteiger partial charge < -0.3 is 15.0 Å². The summed E-state index contributed by atoms with van der Waals surface area (Å²) in [5.74, 6) is 0.107. The molecule has 0 aliphatic heterocycles. The lowest BCUT2D eigenvalue weighted by Crippen LogP contribution is -2.51. The van der Waals surface area contributed by atoms with Crippen molar-refractivity contribution in [3.63, 3.8) is 0 Å². The van der Waals surface area contributed by atoms with Crippen molar-refractivity contribution in [2.24, 2.45) is 0 Å². The van der Waals surface area contributed by atoms with Crippen LogP contribution in [0.25, 0.3) is 0 Å². The summed E-state index contributed by atoms with van der Waals surface area (Å²) in [6, 6.07) is 19.9. The Hall–Kier alpha value is -3.02. The number of carbonyl (C=O) groups excluding carboxylic acids is 2. The molecule has 7 heteroatoms. The van der Waals surface area contributed by atoms with Gasteiger partial charge in [-0.3, -0.25) is 9.59 Å². The van der Waals surface area contributed by atoms with Crippen LogP contribution in [-0.2, 0) is 22.6 Å². The summed E-state index contributed by atoms with van der Waals surface area (Å²) in [7, 11) is 0. The first kappa shape index (κ1) is 26.6. The van der Waals surface area contributed by atoms with E-state index in [0.717, 1.165) is 22.3 Å². The Balaban J connectivity index is 1.92. The molecule has 0 aliphatic rings. The van der Waals surface area contributed by atoms with Crippen molar-refractivity contribution in [1.29, 1.82) is 0 Å². The number of nitrogens with zero attached hydrogens (tertiary/aromatic N) is 1. The summed E-state index contributed by atoms with van der Waals surface area (Å²) in [6.07, 6.45) is 0.364. The van der Waals surface area contributed by atoms with Crippen LogP contribution in [0, 0.1) is 13.8 Å². The molecule has 0 aliphatic carbocycles. The van der Waals surface area contributed by atoms with Crippen LogP contribution in [0.5, 0.6) is 5.75 Å². The van der Waals surface area contributed by atoms with Crippen molar-refractivity contribution in [2.75, 3.05) is 13.2 Å². The first-order valence-electron chi connectivity index (χ1n) is 11.5. The number of aryl methyl sites for hydroxylation is 2. The predicted octanol–water partition coefficient (Wildman–Crippen LogP) is 5.77. The molecular formula is C28H30Cl2N2O3. The summed E-state index contributed by atoms with van der Waals surface area (Å²) in [5.41, 5.74) is 3.77. The number of nitrogens with one attached hydrogen (secondary N) is 1. The average molecular weight is 513 g/mol. The van der Waals surface area contributed by atoms with E-state index < -0.39 is 6.04 Å². The van der Waals surface area contributed by atoms with E-state index in [1.165, 1.54) is 0 Å². The van der Waals surface area contributed by atoms with E-state index in [9.17, 15) is 9.59 Å². The number of carbonyl (C=O) groups is 2. The minimum Gasteiger partial charge on any atom is -0.483 e. The lowest BCUT2D eigenvalue weighted by atomic mass is 10.0. The van der Waals surface area contributed by atoms with Gasteiger partial charge in [-0.15, -0.1) is 0 Å². The maximum atomic E-state index is 13.6. The van der Waals surface area contributed by atoms with Crippen LogP contribution in [0.15, 0.2) is 66.7 Å². The highest BCUT2D eigenvalue weighted by Crippen LogP contribution is 2.25. The molecule has 2 amide bonds. The van der Waals surface area contributed by atoms with Crippen LogP contribution in [0.3, 0.4) is 0 Å². The molecule has 3 aromatic carbocycles. The smallest absolute Gasteiger partial charge is 0.261 e. The zero-order valence-corrected chi connectivity index (χ0v) is 21.7. The standard InChI is InChI=1S/C28H30Cl2N2O3/c1-4-31-28(34)25(16-21-8-6-5-7-9-21)32(17-22-11-12-23(29)24(30)15-22)27(33)18-35-26-13-10-19(2)14-20(26)3/h5-15,25H,4,16-18H2,1-3H3,(H,31,34)/t25-/m0/s1. The molecule has 0 heterocycles. The van der Waals surface area contributed by atoms with E-state index in [-0.39, 0.29) is 25.0 Å². The van der Waals surface area contributed by atoms with Gasteiger partial charge >= 0.3 is 0 Å². The molecule has 0 fully saturated rings.